The number of rotatable bonds is 4. The lowest BCUT2D eigenvalue weighted by atomic mass is 10.0. The van der Waals surface area contributed by atoms with Gasteiger partial charge in [0.15, 0.2) is 18.0 Å². The molecule has 0 aromatic heterocycles. The SMILES string of the molecule is COc1ccc(C2(O)CN(c3ccccc3)C3=[N+]2CCCS3)cc1OC. The Hall–Kier alpha value is -2.18. The summed E-state index contributed by atoms with van der Waals surface area (Å²) < 4.78 is 12.9. The zero-order valence-electron chi connectivity index (χ0n) is 15.0. The molecule has 0 radical (unpaired) electrons. The molecule has 0 aliphatic carbocycles. The predicted octanol–water partition coefficient (Wildman–Crippen LogP) is 2.87. The average molecular weight is 371 g/mol. The maximum Gasteiger partial charge on any atom is 0.316 e. The minimum absolute atomic E-state index is 0.481. The molecular formula is C20H23N2O3S+. The lowest BCUT2D eigenvalue weighted by Gasteiger charge is -2.25. The second-order valence-corrected chi connectivity index (χ2v) is 7.51. The molecule has 0 saturated carbocycles. The van der Waals surface area contributed by atoms with Crippen LogP contribution in [0, 0.1) is 0 Å². The lowest BCUT2D eigenvalue weighted by Crippen LogP contribution is -2.41. The van der Waals surface area contributed by atoms with Crippen LogP contribution in [-0.4, -0.2) is 47.9 Å². The number of para-hydroxylation sites is 1. The fraction of sp³-hybridized carbons (Fsp3) is 0.350. The molecule has 2 heterocycles. The van der Waals surface area contributed by atoms with Gasteiger partial charge >= 0.3 is 5.17 Å². The number of hydrogen-bond acceptors (Lipinski definition) is 5. The summed E-state index contributed by atoms with van der Waals surface area (Å²) in [5, 5.41) is 12.8. The van der Waals surface area contributed by atoms with Crippen LogP contribution in [0.1, 0.15) is 12.0 Å². The molecule has 2 aliphatic rings. The van der Waals surface area contributed by atoms with E-state index in [1.807, 2.05) is 36.4 Å². The molecule has 0 bridgehead atoms. The Kier molecular flexibility index (Phi) is 4.54. The van der Waals surface area contributed by atoms with Gasteiger partial charge < -0.3 is 14.6 Å². The van der Waals surface area contributed by atoms with Crippen molar-refractivity contribution in [1.29, 1.82) is 0 Å². The molecule has 0 spiro atoms. The van der Waals surface area contributed by atoms with E-state index < -0.39 is 5.72 Å². The van der Waals surface area contributed by atoms with Gasteiger partial charge in [-0.2, -0.15) is 0 Å². The number of ether oxygens (including phenoxy) is 2. The van der Waals surface area contributed by atoms with Crippen molar-refractivity contribution in [3.05, 3.63) is 54.1 Å². The molecule has 136 valence electrons. The van der Waals surface area contributed by atoms with E-state index in [0.29, 0.717) is 18.0 Å². The van der Waals surface area contributed by atoms with Gasteiger partial charge in [-0.1, -0.05) is 18.2 Å². The average Bonchev–Trinajstić information content (AvgIpc) is 3.02. The van der Waals surface area contributed by atoms with E-state index in [-0.39, 0.29) is 0 Å². The van der Waals surface area contributed by atoms with E-state index in [4.69, 9.17) is 9.47 Å². The Bertz CT molecular complexity index is 840. The van der Waals surface area contributed by atoms with Crippen LogP contribution in [0.15, 0.2) is 48.5 Å². The van der Waals surface area contributed by atoms with Crippen LogP contribution in [0.4, 0.5) is 5.69 Å². The third kappa shape index (κ3) is 2.73. The van der Waals surface area contributed by atoms with Crippen LogP contribution in [0.3, 0.4) is 0 Å². The first kappa shape index (κ1) is 17.2. The van der Waals surface area contributed by atoms with Crippen LogP contribution in [0.25, 0.3) is 0 Å². The smallest absolute Gasteiger partial charge is 0.316 e. The second kappa shape index (κ2) is 6.85. The van der Waals surface area contributed by atoms with Crippen molar-refractivity contribution in [3.63, 3.8) is 0 Å². The number of thioether (sulfide) groups is 1. The molecule has 1 unspecified atom stereocenters. The Labute approximate surface area is 157 Å². The van der Waals surface area contributed by atoms with Gasteiger partial charge in [0.1, 0.15) is 5.69 Å². The molecule has 2 aliphatic heterocycles. The summed E-state index contributed by atoms with van der Waals surface area (Å²) >= 11 is 1.80. The summed E-state index contributed by atoms with van der Waals surface area (Å²) in [6.07, 6.45) is 1.05. The highest BCUT2D eigenvalue weighted by Gasteiger charge is 2.53. The van der Waals surface area contributed by atoms with Crippen molar-refractivity contribution in [1.82, 2.24) is 0 Å². The molecular weight excluding hydrogens is 348 g/mol. The van der Waals surface area contributed by atoms with E-state index in [0.717, 1.165) is 35.1 Å². The summed E-state index contributed by atoms with van der Waals surface area (Å²) in [5.74, 6) is 2.36. The lowest BCUT2D eigenvalue weighted by molar-refractivity contribution is -0.656. The second-order valence-electron chi connectivity index (χ2n) is 6.44. The van der Waals surface area contributed by atoms with Crippen LogP contribution in [0.5, 0.6) is 11.5 Å². The van der Waals surface area contributed by atoms with Gasteiger partial charge in [0.2, 0.25) is 0 Å². The number of aliphatic hydroxyl groups is 1. The van der Waals surface area contributed by atoms with Gasteiger partial charge in [0.05, 0.1) is 20.8 Å². The van der Waals surface area contributed by atoms with E-state index in [9.17, 15) is 5.11 Å². The molecule has 26 heavy (non-hydrogen) atoms. The van der Waals surface area contributed by atoms with E-state index in [2.05, 4.69) is 21.6 Å². The van der Waals surface area contributed by atoms with Gasteiger partial charge in [-0.15, -0.1) is 0 Å². The molecule has 6 heteroatoms. The molecule has 4 rings (SSSR count). The number of nitrogens with zero attached hydrogens (tertiary/aromatic N) is 2. The minimum atomic E-state index is -1.10. The maximum atomic E-state index is 11.7. The zero-order valence-corrected chi connectivity index (χ0v) is 15.8. The number of hydrogen-bond donors (Lipinski definition) is 1. The number of methoxy groups -OCH3 is 2. The monoisotopic (exact) mass is 371 g/mol. The summed E-state index contributed by atoms with van der Waals surface area (Å²) in [6.45, 7) is 1.31. The highest BCUT2D eigenvalue weighted by Crippen LogP contribution is 2.40. The Balaban J connectivity index is 1.79. The first-order valence-corrected chi connectivity index (χ1v) is 9.71. The Morgan fingerprint density at radius 3 is 2.58 bits per heavy atom. The van der Waals surface area contributed by atoms with E-state index >= 15 is 0 Å². The quantitative estimate of drug-likeness (QED) is 0.838. The standard InChI is InChI=1S/C20H23N2O3S/c1-24-17-10-9-15(13-18(17)25-2)20(23)14-21(16-7-4-3-5-8-16)19-22(20)11-6-12-26-19/h3-5,7-10,13,23H,6,11-12,14H2,1-2H3/q+1. The van der Waals surface area contributed by atoms with Gasteiger partial charge in [0, 0.05) is 11.3 Å². The van der Waals surface area contributed by atoms with Gasteiger partial charge in [-0.25, -0.2) is 9.48 Å². The fourth-order valence-electron chi connectivity index (χ4n) is 3.64. The number of β-amino-alcohol motifs (C(OH)–C–C–N with tert-alkyl or cyclic N) is 1. The number of anilines is 1. The molecule has 0 saturated heterocycles. The summed E-state index contributed by atoms with van der Waals surface area (Å²) in [6, 6.07) is 15.9. The summed E-state index contributed by atoms with van der Waals surface area (Å²) in [7, 11) is 3.23. The largest absolute Gasteiger partial charge is 0.493 e. The fourth-order valence-corrected chi connectivity index (χ4v) is 4.82. The molecule has 2 aromatic rings. The predicted molar refractivity (Wildman–Crippen MR) is 104 cm³/mol. The first-order valence-electron chi connectivity index (χ1n) is 8.72. The molecule has 1 N–H and O–H groups in total. The Morgan fingerprint density at radius 1 is 1.08 bits per heavy atom. The van der Waals surface area contributed by atoms with Crippen LogP contribution in [-0.2, 0) is 5.72 Å². The maximum absolute atomic E-state index is 11.7. The molecule has 1 atom stereocenters. The summed E-state index contributed by atoms with van der Waals surface area (Å²) in [4.78, 5) is 2.21. The van der Waals surface area contributed by atoms with Gasteiger partial charge in [-0.3, -0.25) is 0 Å². The molecule has 5 nitrogen and oxygen atoms in total. The molecule has 2 aromatic carbocycles. The molecule has 0 fully saturated rings. The van der Waals surface area contributed by atoms with Crippen LogP contribution >= 0.6 is 11.8 Å². The topological polar surface area (TPSA) is 44.9 Å². The van der Waals surface area contributed by atoms with Gasteiger partial charge in [-0.05, 0) is 48.5 Å². The third-order valence-corrected chi connectivity index (χ3v) is 6.15. The van der Waals surface area contributed by atoms with Crippen molar-refractivity contribution < 1.29 is 19.2 Å². The van der Waals surface area contributed by atoms with E-state index in [1.54, 1.807) is 26.0 Å². The highest BCUT2D eigenvalue weighted by molar-refractivity contribution is 8.13. The number of amidine groups is 1. The third-order valence-electron chi connectivity index (χ3n) is 4.96. The first-order chi connectivity index (χ1) is 12.7. The van der Waals surface area contributed by atoms with Crippen molar-refractivity contribution in [2.45, 2.75) is 12.1 Å². The zero-order chi connectivity index (χ0) is 18.1. The van der Waals surface area contributed by atoms with Crippen molar-refractivity contribution >= 4 is 22.6 Å². The van der Waals surface area contributed by atoms with Crippen LogP contribution < -0.4 is 14.4 Å². The molecule has 0 amide bonds. The van der Waals surface area contributed by atoms with E-state index in [1.165, 1.54) is 0 Å². The Morgan fingerprint density at radius 2 is 1.85 bits per heavy atom. The number of benzene rings is 2. The highest BCUT2D eigenvalue weighted by atomic mass is 32.2. The van der Waals surface area contributed by atoms with Crippen LogP contribution in [0.2, 0.25) is 0 Å². The normalized spacial score (nSPS) is 22.3. The minimum Gasteiger partial charge on any atom is -0.493 e. The van der Waals surface area contributed by atoms with Crippen molar-refractivity contribution in [2.75, 3.05) is 38.0 Å². The van der Waals surface area contributed by atoms with Crippen molar-refractivity contribution in [2.24, 2.45) is 0 Å². The summed E-state index contributed by atoms with van der Waals surface area (Å²) in [5.41, 5.74) is 0.810. The van der Waals surface area contributed by atoms with Gasteiger partial charge in [0.25, 0.3) is 5.72 Å². The van der Waals surface area contributed by atoms with Crippen molar-refractivity contribution in [3.8, 4) is 11.5 Å².